The number of aryl methyl sites for hydroxylation is 1. The molecule has 1 heterocycles. The van der Waals surface area contributed by atoms with Crippen LogP contribution in [-0.4, -0.2) is 30.0 Å². The van der Waals surface area contributed by atoms with E-state index >= 15 is 0 Å². The summed E-state index contributed by atoms with van der Waals surface area (Å²) < 4.78 is 0. The molecule has 0 atom stereocenters. The first-order valence-corrected chi connectivity index (χ1v) is 7.43. The van der Waals surface area contributed by atoms with Crippen LogP contribution >= 0.6 is 0 Å². The molecule has 1 amide bonds. The topological polar surface area (TPSA) is 56.9 Å². The fourth-order valence-electron chi connectivity index (χ4n) is 2.73. The number of hydrogen-bond donors (Lipinski definition) is 3. The number of aromatic nitrogens is 1. The van der Waals surface area contributed by atoms with Gasteiger partial charge in [-0.2, -0.15) is 0 Å². The van der Waals surface area contributed by atoms with E-state index in [0.717, 1.165) is 17.8 Å². The fraction of sp³-hybridized carbons (Fsp3) is 0.667. The Balaban J connectivity index is 1.64. The van der Waals surface area contributed by atoms with Crippen molar-refractivity contribution in [2.45, 2.75) is 51.5 Å². The number of H-pyrrole nitrogens is 1. The third kappa shape index (κ3) is 4.39. The van der Waals surface area contributed by atoms with Gasteiger partial charge in [0.05, 0.1) is 5.56 Å². The minimum atomic E-state index is 0.0152. The van der Waals surface area contributed by atoms with Crippen molar-refractivity contribution >= 4 is 5.91 Å². The van der Waals surface area contributed by atoms with Gasteiger partial charge in [0.15, 0.2) is 0 Å². The molecule has 0 radical (unpaired) electrons. The average molecular weight is 263 g/mol. The van der Waals surface area contributed by atoms with E-state index < -0.39 is 0 Å². The van der Waals surface area contributed by atoms with Crippen LogP contribution in [0.15, 0.2) is 12.3 Å². The van der Waals surface area contributed by atoms with Crippen LogP contribution in [-0.2, 0) is 0 Å². The van der Waals surface area contributed by atoms with Crippen molar-refractivity contribution in [3.63, 3.8) is 0 Å². The molecule has 1 saturated carbocycles. The van der Waals surface area contributed by atoms with Crippen molar-refractivity contribution in [2.75, 3.05) is 13.1 Å². The second-order valence-corrected chi connectivity index (χ2v) is 5.41. The zero-order chi connectivity index (χ0) is 13.5. The highest BCUT2D eigenvalue weighted by Gasteiger charge is 2.12. The summed E-state index contributed by atoms with van der Waals surface area (Å²) in [5.74, 6) is 0.0152. The van der Waals surface area contributed by atoms with Gasteiger partial charge in [-0.1, -0.05) is 25.7 Å². The molecule has 3 N–H and O–H groups in total. The molecule has 0 bridgehead atoms. The lowest BCUT2D eigenvalue weighted by Crippen LogP contribution is -2.36. The normalized spacial score (nSPS) is 17.1. The van der Waals surface area contributed by atoms with Gasteiger partial charge in [-0.25, -0.2) is 0 Å². The number of carbonyl (C=O) groups is 1. The minimum absolute atomic E-state index is 0.0152. The highest BCUT2D eigenvalue weighted by molar-refractivity contribution is 5.95. The van der Waals surface area contributed by atoms with Crippen molar-refractivity contribution in [3.8, 4) is 0 Å². The van der Waals surface area contributed by atoms with Crippen LogP contribution in [0.3, 0.4) is 0 Å². The van der Waals surface area contributed by atoms with E-state index in [0.29, 0.717) is 12.6 Å². The molecule has 1 aliphatic rings. The maximum atomic E-state index is 11.9. The van der Waals surface area contributed by atoms with E-state index in [1.807, 2.05) is 13.0 Å². The molecule has 4 heteroatoms. The van der Waals surface area contributed by atoms with Gasteiger partial charge in [0.2, 0.25) is 0 Å². The summed E-state index contributed by atoms with van der Waals surface area (Å²) in [6.07, 6.45) is 9.80. The first-order valence-electron chi connectivity index (χ1n) is 7.43. The molecule has 0 aromatic carbocycles. The molecule has 4 nitrogen and oxygen atoms in total. The molecular formula is C15H25N3O. The minimum Gasteiger partial charge on any atom is -0.365 e. The van der Waals surface area contributed by atoms with Gasteiger partial charge < -0.3 is 15.6 Å². The summed E-state index contributed by atoms with van der Waals surface area (Å²) in [6, 6.07) is 2.47. The largest absolute Gasteiger partial charge is 0.365 e. The number of amides is 1. The molecule has 0 unspecified atom stereocenters. The van der Waals surface area contributed by atoms with Crippen LogP contribution in [0, 0.1) is 6.92 Å². The Morgan fingerprint density at radius 1 is 1.26 bits per heavy atom. The SMILES string of the molecule is Cc1[nH]ccc1C(=O)NCCNC1CCCCCC1. The molecule has 106 valence electrons. The van der Waals surface area contributed by atoms with E-state index in [4.69, 9.17) is 0 Å². The Morgan fingerprint density at radius 3 is 2.63 bits per heavy atom. The number of carbonyl (C=O) groups excluding carboxylic acids is 1. The molecule has 1 aromatic rings. The summed E-state index contributed by atoms with van der Waals surface area (Å²) >= 11 is 0. The molecule has 0 aliphatic heterocycles. The quantitative estimate of drug-likeness (QED) is 0.564. The summed E-state index contributed by atoms with van der Waals surface area (Å²) in [4.78, 5) is 14.9. The zero-order valence-electron chi connectivity index (χ0n) is 11.8. The Bertz CT molecular complexity index is 392. The predicted octanol–water partition coefficient (Wildman–Crippen LogP) is 2.37. The lowest BCUT2D eigenvalue weighted by molar-refractivity contribution is 0.0953. The average Bonchev–Trinajstić information content (AvgIpc) is 2.68. The summed E-state index contributed by atoms with van der Waals surface area (Å²) in [5, 5.41) is 6.51. The van der Waals surface area contributed by atoms with E-state index in [-0.39, 0.29) is 5.91 Å². The molecule has 2 rings (SSSR count). The molecule has 1 fully saturated rings. The van der Waals surface area contributed by atoms with Gasteiger partial charge in [0.1, 0.15) is 0 Å². The zero-order valence-corrected chi connectivity index (χ0v) is 11.8. The molecule has 0 saturated heterocycles. The third-order valence-electron chi connectivity index (χ3n) is 3.90. The van der Waals surface area contributed by atoms with Crippen molar-refractivity contribution in [1.29, 1.82) is 0 Å². The molecule has 1 aliphatic carbocycles. The van der Waals surface area contributed by atoms with Crippen LogP contribution < -0.4 is 10.6 Å². The van der Waals surface area contributed by atoms with Crippen LogP contribution in [0.5, 0.6) is 0 Å². The van der Waals surface area contributed by atoms with Crippen molar-refractivity contribution in [2.24, 2.45) is 0 Å². The maximum Gasteiger partial charge on any atom is 0.253 e. The Labute approximate surface area is 115 Å². The first kappa shape index (κ1) is 14.1. The monoisotopic (exact) mass is 263 g/mol. The van der Waals surface area contributed by atoms with Gasteiger partial charge in [-0.05, 0) is 25.8 Å². The van der Waals surface area contributed by atoms with Crippen LogP contribution in [0.1, 0.15) is 54.6 Å². The Hall–Kier alpha value is -1.29. The molecule has 19 heavy (non-hydrogen) atoms. The maximum absolute atomic E-state index is 11.9. The standard InChI is InChI=1S/C15H25N3O/c1-12-14(8-9-16-12)15(19)18-11-10-17-13-6-4-2-3-5-7-13/h8-9,13,16-17H,2-7,10-11H2,1H3,(H,18,19). The summed E-state index contributed by atoms with van der Waals surface area (Å²) in [5.41, 5.74) is 1.67. The van der Waals surface area contributed by atoms with Gasteiger partial charge >= 0.3 is 0 Å². The summed E-state index contributed by atoms with van der Waals surface area (Å²) in [7, 11) is 0. The van der Waals surface area contributed by atoms with E-state index in [2.05, 4.69) is 15.6 Å². The van der Waals surface area contributed by atoms with E-state index in [9.17, 15) is 4.79 Å². The Morgan fingerprint density at radius 2 is 2.00 bits per heavy atom. The van der Waals surface area contributed by atoms with Gasteiger partial charge in [0.25, 0.3) is 5.91 Å². The lowest BCUT2D eigenvalue weighted by atomic mass is 10.1. The molecular weight excluding hydrogens is 238 g/mol. The second kappa shape index (κ2) is 7.34. The van der Waals surface area contributed by atoms with Crippen molar-refractivity contribution in [3.05, 3.63) is 23.5 Å². The summed E-state index contributed by atoms with van der Waals surface area (Å²) in [6.45, 7) is 3.47. The van der Waals surface area contributed by atoms with Crippen LogP contribution in [0.25, 0.3) is 0 Å². The number of aromatic amines is 1. The molecule has 1 aromatic heterocycles. The van der Waals surface area contributed by atoms with Gasteiger partial charge in [-0.15, -0.1) is 0 Å². The third-order valence-corrected chi connectivity index (χ3v) is 3.90. The van der Waals surface area contributed by atoms with E-state index in [1.54, 1.807) is 6.20 Å². The van der Waals surface area contributed by atoms with E-state index in [1.165, 1.54) is 38.5 Å². The lowest BCUT2D eigenvalue weighted by Gasteiger charge is -2.16. The highest BCUT2D eigenvalue weighted by atomic mass is 16.1. The highest BCUT2D eigenvalue weighted by Crippen LogP contribution is 2.16. The van der Waals surface area contributed by atoms with Gasteiger partial charge in [-0.3, -0.25) is 4.79 Å². The number of nitrogens with one attached hydrogen (secondary N) is 3. The number of hydrogen-bond acceptors (Lipinski definition) is 2. The predicted molar refractivity (Wildman–Crippen MR) is 77.4 cm³/mol. The van der Waals surface area contributed by atoms with Gasteiger partial charge in [0, 0.05) is 31.0 Å². The smallest absolute Gasteiger partial charge is 0.253 e. The Kier molecular flexibility index (Phi) is 5.45. The van der Waals surface area contributed by atoms with Crippen molar-refractivity contribution < 1.29 is 4.79 Å². The van der Waals surface area contributed by atoms with Crippen molar-refractivity contribution in [1.82, 2.24) is 15.6 Å². The number of rotatable bonds is 5. The second-order valence-electron chi connectivity index (χ2n) is 5.41. The van der Waals surface area contributed by atoms with Crippen LogP contribution in [0.2, 0.25) is 0 Å². The van der Waals surface area contributed by atoms with Crippen LogP contribution in [0.4, 0.5) is 0 Å². The first-order chi connectivity index (χ1) is 9.27. The molecule has 0 spiro atoms. The fourth-order valence-corrected chi connectivity index (χ4v) is 2.73.